The van der Waals surface area contributed by atoms with E-state index in [0.29, 0.717) is 31.1 Å². The van der Waals surface area contributed by atoms with Gasteiger partial charge in [-0.3, -0.25) is 14.5 Å². The minimum Gasteiger partial charge on any atom is -0.481 e. The van der Waals surface area contributed by atoms with Crippen molar-refractivity contribution >= 4 is 11.9 Å². The van der Waals surface area contributed by atoms with Crippen LogP contribution in [0, 0.1) is 5.92 Å². The molecule has 0 aromatic rings. The quantitative estimate of drug-likeness (QED) is 0.718. The maximum Gasteiger partial charge on any atom is 0.304 e. The number of amides is 1. The molecule has 1 atom stereocenters. The van der Waals surface area contributed by atoms with Crippen molar-refractivity contribution in [3.8, 4) is 0 Å². The van der Waals surface area contributed by atoms with E-state index in [9.17, 15) is 9.59 Å². The second-order valence-electron chi connectivity index (χ2n) is 5.99. The van der Waals surface area contributed by atoms with Gasteiger partial charge in [0.2, 0.25) is 5.91 Å². The topological polar surface area (TPSA) is 60.9 Å². The van der Waals surface area contributed by atoms with E-state index in [1.165, 1.54) is 12.8 Å². The fourth-order valence-corrected chi connectivity index (χ4v) is 2.60. The average molecular weight is 268 g/mol. The van der Waals surface area contributed by atoms with Crippen molar-refractivity contribution in [2.24, 2.45) is 5.92 Å². The van der Waals surface area contributed by atoms with Gasteiger partial charge in [0.25, 0.3) is 0 Å². The number of rotatable bonds is 8. The summed E-state index contributed by atoms with van der Waals surface area (Å²) < 4.78 is 0. The molecular formula is C14H24N2O3. The molecule has 0 bridgehead atoms. The van der Waals surface area contributed by atoms with Crippen molar-refractivity contribution in [2.75, 3.05) is 20.1 Å². The molecule has 0 aromatic carbocycles. The molecule has 5 heteroatoms. The van der Waals surface area contributed by atoms with Gasteiger partial charge in [0, 0.05) is 18.6 Å². The summed E-state index contributed by atoms with van der Waals surface area (Å²) in [5.41, 5.74) is 0. The molecule has 108 valence electrons. The molecular weight excluding hydrogens is 244 g/mol. The number of hydrogen-bond donors (Lipinski definition) is 1. The summed E-state index contributed by atoms with van der Waals surface area (Å²) in [6.07, 6.45) is 4.83. The van der Waals surface area contributed by atoms with Crippen molar-refractivity contribution in [3.05, 3.63) is 0 Å². The smallest absolute Gasteiger partial charge is 0.304 e. The molecule has 0 heterocycles. The molecule has 0 saturated heterocycles. The van der Waals surface area contributed by atoms with Gasteiger partial charge in [0.1, 0.15) is 0 Å². The highest BCUT2D eigenvalue weighted by molar-refractivity contribution is 5.79. The highest BCUT2D eigenvalue weighted by Gasteiger charge is 2.41. The normalized spacial score (nSPS) is 20.4. The molecule has 0 aliphatic heterocycles. The number of carboxylic acids is 1. The van der Waals surface area contributed by atoms with Crippen LogP contribution in [0.1, 0.15) is 39.0 Å². The lowest BCUT2D eigenvalue weighted by molar-refractivity contribution is -0.139. The van der Waals surface area contributed by atoms with E-state index in [0.717, 1.165) is 12.8 Å². The SMILES string of the molecule is CC(C1CC1)N(C(=O)CN(C)CCC(=O)O)C1CC1. The summed E-state index contributed by atoms with van der Waals surface area (Å²) in [7, 11) is 1.81. The van der Waals surface area contributed by atoms with Crippen molar-refractivity contribution in [2.45, 2.75) is 51.1 Å². The van der Waals surface area contributed by atoms with Gasteiger partial charge >= 0.3 is 5.97 Å². The Hall–Kier alpha value is -1.10. The number of carboxylic acid groups (broad SMARTS) is 1. The van der Waals surface area contributed by atoms with Gasteiger partial charge in [-0.05, 0) is 45.6 Å². The summed E-state index contributed by atoms with van der Waals surface area (Å²) >= 11 is 0. The Morgan fingerprint density at radius 1 is 1.26 bits per heavy atom. The van der Waals surface area contributed by atoms with Crippen molar-refractivity contribution in [3.63, 3.8) is 0 Å². The lowest BCUT2D eigenvalue weighted by Gasteiger charge is -2.31. The number of nitrogens with zero attached hydrogens (tertiary/aromatic N) is 2. The van der Waals surface area contributed by atoms with Crippen LogP contribution in [0.15, 0.2) is 0 Å². The third-order valence-electron chi connectivity index (χ3n) is 4.08. The number of carbonyl (C=O) groups is 2. The van der Waals surface area contributed by atoms with E-state index >= 15 is 0 Å². The van der Waals surface area contributed by atoms with E-state index < -0.39 is 5.97 Å². The zero-order chi connectivity index (χ0) is 14.0. The standard InChI is InChI=1S/C14H24N2O3/c1-10(11-3-4-11)16(12-5-6-12)13(17)9-15(2)8-7-14(18)19/h10-12H,3-9H2,1-2H3,(H,18,19). The summed E-state index contributed by atoms with van der Waals surface area (Å²) in [6, 6.07) is 0.795. The van der Waals surface area contributed by atoms with E-state index in [2.05, 4.69) is 11.8 Å². The summed E-state index contributed by atoms with van der Waals surface area (Å²) in [6.45, 7) is 2.92. The van der Waals surface area contributed by atoms with Gasteiger partial charge in [-0.15, -0.1) is 0 Å². The Morgan fingerprint density at radius 3 is 2.37 bits per heavy atom. The highest BCUT2D eigenvalue weighted by Crippen LogP contribution is 2.39. The fourth-order valence-electron chi connectivity index (χ4n) is 2.60. The molecule has 2 aliphatic rings. The van der Waals surface area contributed by atoms with Crippen LogP contribution in [0.5, 0.6) is 0 Å². The molecule has 2 rings (SSSR count). The molecule has 2 saturated carbocycles. The first-order chi connectivity index (χ1) is 8.99. The Kier molecular flexibility index (Phi) is 4.45. The molecule has 2 aliphatic carbocycles. The van der Waals surface area contributed by atoms with Crippen LogP contribution in [0.4, 0.5) is 0 Å². The van der Waals surface area contributed by atoms with Gasteiger partial charge in [-0.1, -0.05) is 0 Å². The predicted molar refractivity (Wildman–Crippen MR) is 71.8 cm³/mol. The fraction of sp³-hybridized carbons (Fsp3) is 0.857. The molecule has 0 aromatic heterocycles. The Bertz CT molecular complexity index is 351. The highest BCUT2D eigenvalue weighted by atomic mass is 16.4. The maximum absolute atomic E-state index is 12.4. The monoisotopic (exact) mass is 268 g/mol. The van der Waals surface area contributed by atoms with Crippen LogP contribution in [0.25, 0.3) is 0 Å². The van der Waals surface area contributed by atoms with Crippen LogP contribution in [-0.4, -0.2) is 59.0 Å². The zero-order valence-corrected chi connectivity index (χ0v) is 11.8. The molecule has 1 N–H and O–H groups in total. The van der Waals surface area contributed by atoms with Gasteiger partial charge in [0.05, 0.1) is 13.0 Å². The molecule has 1 amide bonds. The molecule has 0 spiro atoms. The van der Waals surface area contributed by atoms with Crippen LogP contribution >= 0.6 is 0 Å². The van der Waals surface area contributed by atoms with Gasteiger partial charge in [-0.2, -0.15) is 0 Å². The van der Waals surface area contributed by atoms with Gasteiger partial charge < -0.3 is 10.0 Å². The number of hydrogen-bond acceptors (Lipinski definition) is 3. The van der Waals surface area contributed by atoms with Gasteiger partial charge in [-0.25, -0.2) is 0 Å². The average Bonchev–Trinajstić information content (AvgIpc) is 3.16. The number of likely N-dealkylation sites (N-methyl/N-ethyl adjacent to an activating group) is 1. The van der Waals surface area contributed by atoms with Crippen LogP contribution in [0.3, 0.4) is 0 Å². The lowest BCUT2D eigenvalue weighted by atomic mass is 10.1. The number of aliphatic carboxylic acids is 1. The second-order valence-corrected chi connectivity index (χ2v) is 5.99. The summed E-state index contributed by atoms with van der Waals surface area (Å²) in [5, 5.41) is 8.65. The van der Waals surface area contributed by atoms with E-state index in [-0.39, 0.29) is 12.3 Å². The Labute approximate surface area is 114 Å². The summed E-state index contributed by atoms with van der Waals surface area (Å²) in [5.74, 6) is 0.0355. The third kappa shape index (κ3) is 4.20. The first kappa shape index (κ1) is 14.3. The minimum absolute atomic E-state index is 0.0887. The van der Waals surface area contributed by atoms with E-state index in [1.807, 2.05) is 11.9 Å². The molecule has 0 radical (unpaired) electrons. The Morgan fingerprint density at radius 2 is 1.89 bits per heavy atom. The molecule has 1 unspecified atom stereocenters. The van der Waals surface area contributed by atoms with Crippen molar-refractivity contribution < 1.29 is 14.7 Å². The van der Waals surface area contributed by atoms with E-state index in [4.69, 9.17) is 5.11 Å². The van der Waals surface area contributed by atoms with Gasteiger partial charge in [0.15, 0.2) is 0 Å². The minimum atomic E-state index is -0.815. The number of carbonyl (C=O) groups excluding carboxylic acids is 1. The predicted octanol–water partition coefficient (Wildman–Crippen LogP) is 1.18. The van der Waals surface area contributed by atoms with Crippen LogP contribution < -0.4 is 0 Å². The third-order valence-corrected chi connectivity index (χ3v) is 4.08. The van der Waals surface area contributed by atoms with Crippen molar-refractivity contribution in [1.29, 1.82) is 0 Å². The van der Waals surface area contributed by atoms with Crippen LogP contribution in [0.2, 0.25) is 0 Å². The molecule has 19 heavy (non-hydrogen) atoms. The van der Waals surface area contributed by atoms with Crippen molar-refractivity contribution in [1.82, 2.24) is 9.80 Å². The summed E-state index contributed by atoms with van der Waals surface area (Å²) in [4.78, 5) is 26.8. The first-order valence-electron chi connectivity index (χ1n) is 7.20. The first-order valence-corrected chi connectivity index (χ1v) is 7.20. The zero-order valence-electron chi connectivity index (χ0n) is 11.8. The van der Waals surface area contributed by atoms with E-state index in [1.54, 1.807) is 0 Å². The van der Waals surface area contributed by atoms with Crippen LogP contribution in [-0.2, 0) is 9.59 Å². The lowest BCUT2D eigenvalue weighted by Crippen LogP contribution is -2.46. The maximum atomic E-state index is 12.4. The second kappa shape index (κ2) is 5.90. The largest absolute Gasteiger partial charge is 0.481 e. The molecule has 2 fully saturated rings. The Balaban J connectivity index is 1.83. The molecule has 5 nitrogen and oxygen atoms in total.